The highest BCUT2D eigenvalue weighted by atomic mass is 15.5. The van der Waals surface area contributed by atoms with Crippen LogP contribution in [0.4, 0.5) is 0 Å². The number of aryl methyl sites for hydroxylation is 1. The van der Waals surface area contributed by atoms with Gasteiger partial charge >= 0.3 is 0 Å². The van der Waals surface area contributed by atoms with E-state index < -0.39 is 0 Å². The SMILES string of the molecule is CCn1nc(Cc2ccccc2)nc1Cc1ccc(-c2ccccc2-c2nnn[nH]2)cc1. The van der Waals surface area contributed by atoms with Crippen LogP contribution in [0.5, 0.6) is 0 Å². The zero-order valence-electron chi connectivity index (χ0n) is 17.8. The zero-order chi connectivity index (χ0) is 21.8. The van der Waals surface area contributed by atoms with Crippen molar-refractivity contribution in [2.45, 2.75) is 26.3 Å². The van der Waals surface area contributed by atoms with Crippen molar-refractivity contribution in [1.82, 2.24) is 35.4 Å². The summed E-state index contributed by atoms with van der Waals surface area (Å²) in [6.07, 6.45) is 1.48. The predicted molar refractivity (Wildman–Crippen MR) is 123 cm³/mol. The van der Waals surface area contributed by atoms with Crippen LogP contribution < -0.4 is 0 Å². The summed E-state index contributed by atoms with van der Waals surface area (Å²) in [5, 5.41) is 19.0. The van der Waals surface area contributed by atoms with Gasteiger partial charge in [0.2, 0.25) is 0 Å². The fourth-order valence-corrected chi connectivity index (χ4v) is 3.86. The molecule has 0 bridgehead atoms. The molecule has 7 heteroatoms. The van der Waals surface area contributed by atoms with Gasteiger partial charge in [0.25, 0.3) is 0 Å². The third-order valence-electron chi connectivity index (χ3n) is 5.45. The lowest BCUT2D eigenvalue weighted by Crippen LogP contribution is -2.04. The minimum absolute atomic E-state index is 0.659. The molecular weight excluding hydrogens is 398 g/mol. The number of aromatic amines is 1. The molecule has 5 aromatic rings. The van der Waals surface area contributed by atoms with E-state index in [2.05, 4.69) is 70.0 Å². The average molecular weight is 422 g/mol. The van der Waals surface area contributed by atoms with Crippen LogP contribution in [0.3, 0.4) is 0 Å². The van der Waals surface area contributed by atoms with Crippen molar-refractivity contribution < 1.29 is 0 Å². The maximum absolute atomic E-state index is 4.83. The molecule has 2 heterocycles. The minimum Gasteiger partial charge on any atom is -0.250 e. The Morgan fingerprint density at radius 1 is 0.781 bits per heavy atom. The average Bonchev–Trinajstić information content (AvgIpc) is 3.50. The van der Waals surface area contributed by atoms with E-state index >= 15 is 0 Å². The van der Waals surface area contributed by atoms with Crippen molar-refractivity contribution in [3.8, 4) is 22.5 Å². The summed E-state index contributed by atoms with van der Waals surface area (Å²) in [4.78, 5) is 4.83. The molecule has 32 heavy (non-hydrogen) atoms. The highest BCUT2D eigenvalue weighted by Gasteiger charge is 2.12. The van der Waals surface area contributed by atoms with E-state index in [4.69, 9.17) is 10.1 Å². The first kappa shape index (κ1) is 19.8. The molecule has 0 saturated carbocycles. The van der Waals surface area contributed by atoms with Crippen LogP contribution in [0.15, 0.2) is 78.9 Å². The largest absolute Gasteiger partial charge is 0.250 e. The topological polar surface area (TPSA) is 85.2 Å². The lowest BCUT2D eigenvalue weighted by molar-refractivity contribution is 0.619. The second-order valence-corrected chi connectivity index (χ2v) is 7.59. The van der Waals surface area contributed by atoms with Crippen LogP contribution >= 0.6 is 0 Å². The smallest absolute Gasteiger partial charge is 0.180 e. The van der Waals surface area contributed by atoms with Crippen molar-refractivity contribution in [3.05, 3.63) is 102 Å². The molecule has 3 aromatic carbocycles. The fraction of sp³-hybridized carbons (Fsp3) is 0.160. The quantitative estimate of drug-likeness (QED) is 0.423. The molecule has 158 valence electrons. The molecule has 0 atom stereocenters. The maximum Gasteiger partial charge on any atom is 0.180 e. The second kappa shape index (κ2) is 8.93. The summed E-state index contributed by atoms with van der Waals surface area (Å²) in [5.74, 6) is 2.50. The Morgan fingerprint density at radius 2 is 1.50 bits per heavy atom. The molecular formula is C25H23N7. The molecule has 0 fully saturated rings. The number of nitrogens with one attached hydrogen (secondary N) is 1. The van der Waals surface area contributed by atoms with Crippen LogP contribution in [0.2, 0.25) is 0 Å². The van der Waals surface area contributed by atoms with Gasteiger partial charge in [-0.1, -0.05) is 78.9 Å². The minimum atomic E-state index is 0.659. The normalized spacial score (nSPS) is 11.0. The molecule has 2 aromatic heterocycles. The lowest BCUT2D eigenvalue weighted by atomic mass is 9.98. The Hall–Kier alpha value is -4.13. The fourth-order valence-electron chi connectivity index (χ4n) is 3.86. The summed E-state index contributed by atoms with van der Waals surface area (Å²) in [7, 11) is 0. The van der Waals surface area contributed by atoms with E-state index in [0.29, 0.717) is 5.82 Å². The van der Waals surface area contributed by atoms with Gasteiger partial charge in [0.1, 0.15) is 5.82 Å². The first-order valence-electron chi connectivity index (χ1n) is 10.7. The second-order valence-electron chi connectivity index (χ2n) is 7.59. The lowest BCUT2D eigenvalue weighted by Gasteiger charge is -2.08. The molecule has 5 rings (SSSR count). The van der Waals surface area contributed by atoms with Gasteiger partial charge in [0, 0.05) is 24.9 Å². The van der Waals surface area contributed by atoms with E-state index in [1.807, 2.05) is 41.1 Å². The number of hydrogen-bond donors (Lipinski definition) is 1. The van der Waals surface area contributed by atoms with Gasteiger partial charge < -0.3 is 0 Å². The van der Waals surface area contributed by atoms with Crippen molar-refractivity contribution in [2.24, 2.45) is 0 Å². The number of rotatable bonds is 7. The van der Waals surface area contributed by atoms with E-state index in [1.165, 1.54) is 11.1 Å². The molecule has 0 aliphatic heterocycles. The van der Waals surface area contributed by atoms with Gasteiger partial charge in [0.15, 0.2) is 11.6 Å². The van der Waals surface area contributed by atoms with Crippen molar-refractivity contribution in [3.63, 3.8) is 0 Å². The van der Waals surface area contributed by atoms with Crippen LogP contribution in [-0.4, -0.2) is 35.4 Å². The third kappa shape index (κ3) is 4.18. The van der Waals surface area contributed by atoms with Gasteiger partial charge in [-0.05, 0) is 39.6 Å². The number of H-pyrrole nitrogens is 1. The summed E-state index contributed by atoms with van der Waals surface area (Å²) in [5.41, 5.74) is 5.58. The number of benzene rings is 3. The number of tetrazole rings is 1. The first-order valence-corrected chi connectivity index (χ1v) is 10.7. The van der Waals surface area contributed by atoms with Crippen LogP contribution in [-0.2, 0) is 19.4 Å². The number of nitrogens with zero attached hydrogens (tertiary/aromatic N) is 6. The molecule has 0 saturated heterocycles. The standard InChI is InChI=1S/C25H23N7/c1-2-32-24(26-23(29-32)16-18-8-4-3-5-9-18)17-19-12-14-20(15-13-19)21-10-6-7-11-22(21)25-27-30-31-28-25/h3-15H,2,16-17H2,1H3,(H,27,28,30,31). The van der Waals surface area contributed by atoms with Gasteiger partial charge in [-0.25, -0.2) is 14.8 Å². The van der Waals surface area contributed by atoms with Crippen molar-refractivity contribution in [2.75, 3.05) is 0 Å². The van der Waals surface area contributed by atoms with Crippen LogP contribution in [0.25, 0.3) is 22.5 Å². The molecule has 1 N–H and O–H groups in total. The Morgan fingerprint density at radius 3 is 2.22 bits per heavy atom. The molecule has 0 amide bonds. The molecule has 0 aliphatic rings. The molecule has 7 nitrogen and oxygen atoms in total. The van der Waals surface area contributed by atoms with Crippen molar-refractivity contribution in [1.29, 1.82) is 0 Å². The molecule has 0 aliphatic carbocycles. The molecule has 0 radical (unpaired) electrons. The number of aromatic nitrogens is 7. The van der Waals surface area contributed by atoms with Crippen LogP contribution in [0.1, 0.15) is 29.7 Å². The van der Waals surface area contributed by atoms with Gasteiger partial charge in [-0.3, -0.25) is 0 Å². The van der Waals surface area contributed by atoms with Gasteiger partial charge in [-0.2, -0.15) is 5.10 Å². The summed E-state index contributed by atoms with van der Waals surface area (Å²) in [6.45, 7) is 2.90. The first-order chi connectivity index (χ1) is 15.8. The maximum atomic E-state index is 4.83. The third-order valence-corrected chi connectivity index (χ3v) is 5.45. The van der Waals surface area contributed by atoms with E-state index in [0.717, 1.165) is 47.7 Å². The summed E-state index contributed by atoms with van der Waals surface area (Å²) in [6, 6.07) is 27.0. The summed E-state index contributed by atoms with van der Waals surface area (Å²) < 4.78 is 2.00. The highest BCUT2D eigenvalue weighted by Crippen LogP contribution is 2.30. The van der Waals surface area contributed by atoms with E-state index in [-0.39, 0.29) is 0 Å². The Bertz CT molecular complexity index is 1290. The summed E-state index contributed by atoms with van der Waals surface area (Å²) >= 11 is 0. The zero-order valence-corrected chi connectivity index (χ0v) is 17.8. The molecule has 0 unspecified atom stereocenters. The van der Waals surface area contributed by atoms with Crippen molar-refractivity contribution >= 4 is 0 Å². The van der Waals surface area contributed by atoms with Crippen LogP contribution in [0, 0.1) is 0 Å². The molecule has 0 spiro atoms. The Balaban J connectivity index is 1.37. The Kier molecular flexibility index (Phi) is 5.53. The highest BCUT2D eigenvalue weighted by molar-refractivity contribution is 5.80. The van der Waals surface area contributed by atoms with Gasteiger partial charge in [0.05, 0.1) is 0 Å². The van der Waals surface area contributed by atoms with E-state index in [1.54, 1.807) is 0 Å². The number of hydrogen-bond acceptors (Lipinski definition) is 5. The van der Waals surface area contributed by atoms with Gasteiger partial charge in [-0.15, -0.1) is 5.10 Å². The predicted octanol–water partition coefficient (Wildman–Crippen LogP) is 4.33. The monoisotopic (exact) mass is 421 g/mol. The van der Waals surface area contributed by atoms with E-state index in [9.17, 15) is 0 Å². The Labute approximate surface area is 186 Å².